The van der Waals surface area contributed by atoms with Crippen molar-refractivity contribution in [3.63, 3.8) is 0 Å². The summed E-state index contributed by atoms with van der Waals surface area (Å²) >= 11 is 6.32. The van der Waals surface area contributed by atoms with Gasteiger partial charge in [0.15, 0.2) is 5.60 Å². The van der Waals surface area contributed by atoms with E-state index in [1.54, 1.807) is 32.2 Å². The van der Waals surface area contributed by atoms with E-state index < -0.39 is 29.5 Å². The molecule has 2 heterocycles. The van der Waals surface area contributed by atoms with Gasteiger partial charge in [-0.3, -0.25) is 4.79 Å². The number of halogens is 1. The van der Waals surface area contributed by atoms with Gasteiger partial charge in [0.25, 0.3) is 0 Å². The van der Waals surface area contributed by atoms with Gasteiger partial charge in [0, 0.05) is 31.7 Å². The third-order valence-electron chi connectivity index (χ3n) is 9.66. The lowest BCUT2D eigenvalue weighted by Crippen LogP contribution is -2.50. The number of hydrogen-bond acceptors (Lipinski definition) is 6. The van der Waals surface area contributed by atoms with Gasteiger partial charge in [-0.2, -0.15) is 0 Å². The molecule has 0 saturated heterocycles. The number of carboxylic acids is 1. The predicted octanol–water partition coefficient (Wildman–Crippen LogP) is 5.17. The molecule has 2 aliphatic heterocycles. The summed E-state index contributed by atoms with van der Waals surface area (Å²) in [5, 5.41) is 34.1. The van der Waals surface area contributed by atoms with Gasteiger partial charge >= 0.3 is 5.97 Å². The number of hydrogen-bond donors (Lipinski definition) is 3. The van der Waals surface area contributed by atoms with Crippen LogP contribution in [-0.4, -0.2) is 64.9 Å². The molecule has 1 fully saturated rings. The average molecular weight is 611 g/mol. The molecule has 1 aliphatic carbocycles. The van der Waals surface area contributed by atoms with Crippen molar-refractivity contribution >= 4 is 29.2 Å². The quantitative estimate of drug-likeness (QED) is 0.403. The molecule has 0 unspecified atom stereocenters. The number of fused-ring (bicyclic) bond motifs is 3. The normalized spacial score (nSPS) is 29.3. The van der Waals surface area contributed by atoms with Crippen LogP contribution in [0.2, 0.25) is 5.02 Å². The van der Waals surface area contributed by atoms with E-state index in [9.17, 15) is 24.9 Å². The maximum atomic E-state index is 13.6. The number of aliphatic hydroxyl groups excluding tert-OH is 1. The monoisotopic (exact) mass is 610 g/mol. The van der Waals surface area contributed by atoms with E-state index in [2.05, 4.69) is 4.90 Å². The summed E-state index contributed by atoms with van der Waals surface area (Å²) in [5.74, 6) is -2.16. The molecular formula is C34H43ClN2O6. The number of anilines is 1. The third kappa shape index (κ3) is 6.42. The van der Waals surface area contributed by atoms with Crippen molar-refractivity contribution in [1.29, 1.82) is 0 Å². The Hall–Kier alpha value is -3.07. The van der Waals surface area contributed by atoms with Gasteiger partial charge in [-0.15, -0.1) is 0 Å². The number of amides is 1. The predicted molar refractivity (Wildman–Crippen MR) is 166 cm³/mol. The van der Waals surface area contributed by atoms with Crippen molar-refractivity contribution in [3.8, 4) is 5.75 Å². The molecular weight excluding hydrogens is 568 g/mol. The Labute approximate surface area is 258 Å². The molecule has 3 N–H and O–H groups in total. The SMILES string of the molecule is CC[C@H]1C(=O)N(C)CC/C=C/[C@H](O)[C@@H]2CC[C@H]2CN2CCCCc3cc(Cl)ccc3COc3ccc(cc32)[C@@]1(O)C(=O)O. The summed E-state index contributed by atoms with van der Waals surface area (Å²) in [7, 11) is 1.62. The van der Waals surface area contributed by atoms with E-state index in [1.807, 2.05) is 30.4 Å². The summed E-state index contributed by atoms with van der Waals surface area (Å²) in [6, 6.07) is 10.8. The minimum atomic E-state index is -2.43. The molecule has 0 radical (unpaired) electrons. The molecule has 0 spiro atoms. The van der Waals surface area contributed by atoms with Crippen LogP contribution < -0.4 is 9.64 Å². The number of carboxylic acid groups (broad SMARTS) is 1. The highest BCUT2D eigenvalue weighted by atomic mass is 35.5. The maximum absolute atomic E-state index is 13.6. The lowest BCUT2D eigenvalue weighted by Gasteiger charge is -2.43. The van der Waals surface area contributed by atoms with E-state index in [4.69, 9.17) is 16.3 Å². The van der Waals surface area contributed by atoms with Crippen LogP contribution >= 0.6 is 11.6 Å². The van der Waals surface area contributed by atoms with Crippen molar-refractivity contribution in [2.75, 3.05) is 31.6 Å². The first-order valence-electron chi connectivity index (χ1n) is 15.5. The van der Waals surface area contributed by atoms with Crippen LogP contribution in [0.5, 0.6) is 5.75 Å². The molecule has 2 aromatic rings. The molecule has 3 aliphatic rings. The molecule has 43 heavy (non-hydrogen) atoms. The van der Waals surface area contributed by atoms with Gasteiger partial charge in [-0.05, 0) is 97.7 Å². The molecule has 5 rings (SSSR count). The standard InChI is InChI=1S/C34H43ClN2O6/c1-3-28-32(39)36(2)16-6-5-9-30(38)27-14-11-23(27)20-37-17-7-4-8-22-18-26(35)13-10-24(22)21-43-31-15-12-25(19-29(31)37)34(28,42)33(40)41/h5,9-10,12-13,15,18-19,23,27-28,30,38,42H,3-4,6-8,11,14,16-17,20-21H2,1-2H3,(H,40,41)/b9-5+/t23-,27+,28-,30-,34-/m0/s1. The summed E-state index contributed by atoms with van der Waals surface area (Å²) in [4.78, 5) is 30.1. The smallest absolute Gasteiger partial charge is 0.341 e. The number of carbonyl (C=O) groups excluding carboxylic acids is 1. The summed E-state index contributed by atoms with van der Waals surface area (Å²) in [5.41, 5.74) is 0.594. The zero-order chi connectivity index (χ0) is 30.7. The fraction of sp³-hybridized carbons (Fsp3) is 0.529. The Kier molecular flexibility index (Phi) is 9.69. The molecule has 0 aromatic heterocycles. The molecule has 9 heteroatoms. The van der Waals surface area contributed by atoms with E-state index >= 15 is 0 Å². The molecule has 5 atom stereocenters. The van der Waals surface area contributed by atoms with Crippen LogP contribution in [0.3, 0.4) is 0 Å². The van der Waals surface area contributed by atoms with Crippen molar-refractivity contribution in [2.24, 2.45) is 17.8 Å². The van der Waals surface area contributed by atoms with Crippen molar-refractivity contribution < 1.29 is 29.6 Å². The Morgan fingerprint density at radius 2 is 1.93 bits per heavy atom. The fourth-order valence-corrected chi connectivity index (χ4v) is 7.07. The van der Waals surface area contributed by atoms with Gasteiger partial charge in [0.05, 0.1) is 17.7 Å². The second-order valence-electron chi connectivity index (χ2n) is 12.3. The molecule has 232 valence electrons. The number of rotatable bonds is 2. The summed E-state index contributed by atoms with van der Waals surface area (Å²) in [6.07, 6.45) is 8.39. The van der Waals surface area contributed by atoms with Crippen molar-refractivity contribution in [3.05, 3.63) is 70.3 Å². The second-order valence-corrected chi connectivity index (χ2v) is 12.7. The van der Waals surface area contributed by atoms with Crippen LogP contribution in [0.1, 0.15) is 62.1 Å². The third-order valence-corrected chi connectivity index (χ3v) is 9.90. The molecule has 1 amide bonds. The minimum Gasteiger partial charge on any atom is -0.487 e. The average Bonchev–Trinajstić information content (AvgIpc) is 3.00. The zero-order valence-corrected chi connectivity index (χ0v) is 25.8. The molecule has 8 nitrogen and oxygen atoms in total. The van der Waals surface area contributed by atoms with E-state index in [0.29, 0.717) is 49.1 Å². The highest BCUT2D eigenvalue weighted by Crippen LogP contribution is 2.43. The van der Waals surface area contributed by atoms with Gasteiger partial charge < -0.3 is 29.9 Å². The zero-order valence-electron chi connectivity index (χ0n) is 25.0. The topological polar surface area (TPSA) is 111 Å². The van der Waals surface area contributed by atoms with Crippen LogP contribution in [-0.2, 0) is 28.2 Å². The van der Waals surface area contributed by atoms with Crippen LogP contribution in [0.25, 0.3) is 0 Å². The van der Waals surface area contributed by atoms with E-state index in [0.717, 1.165) is 43.2 Å². The van der Waals surface area contributed by atoms with Crippen molar-refractivity contribution in [1.82, 2.24) is 4.90 Å². The number of aliphatic hydroxyl groups is 2. The van der Waals surface area contributed by atoms with Gasteiger partial charge in [-0.1, -0.05) is 42.8 Å². The maximum Gasteiger partial charge on any atom is 0.341 e. The first kappa shape index (κ1) is 31.4. The second kappa shape index (κ2) is 13.3. The summed E-state index contributed by atoms with van der Waals surface area (Å²) in [6.45, 7) is 3.74. The van der Waals surface area contributed by atoms with E-state index in [-0.39, 0.29) is 23.8 Å². The summed E-state index contributed by atoms with van der Waals surface area (Å²) < 4.78 is 6.42. The largest absolute Gasteiger partial charge is 0.487 e. The van der Waals surface area contributed by atoms with Gasteiger partial charge in [-0.25, -0.2) is 4.79 Å². The van der Waals surface area contributed by atoms with Crippen molar-refractivity contribution in [2.45, 2.75) is 70.2 Å². The van der Waals surface area contributed by atoms with E-state index in [1.165, 1.54) is 4.90 Å². The lowest BCUT2D eigenvalue weighted by atomic mass is 9.70. The van der Waals surface area contributed by atoms with Crippen LogP contribution in [0.15, 0.2) is 48.6 Å². The first-order chi connectivity index (χ1) is 20.6. The molecule has 2 aromatic carbocycles. The highest BCUT2D eigenvalue weighted by Gasteiger charge is 2.50. The van der Waals surface area contributed by atoms with Gasteiger partial charge in [0.1, 0.15) is 12.4 Å². The molecule has 2 bridgehead atoms. The highest BCUT2D eigenvalue weighted by molar-refractivity contribution is 6.30. The molecule has 1 saturated carbocycles. The number of aryl methyl sites for hydroxylation is 1. The number of aliphatic carboxylic acids is 1. The minimum absolute atomic E-state index is 0.112. The van der Waals surface area contributed by atoms with Crippen LogP contribution in [0, 0.1) is 17.8 Å². The number of nitrogens with zero attached hydrogens (tertiary/aromatic N) is 2. The Morgan fingerprint density at radius 3 is 2.65 bits per heavy atom. The Bertz CT molecular complexity index is 1360. The number of ether oxygens (including phenoxy) is 1. The first-order valence-corrected chi connectivity index (χ1v) is 15.9. The number of benzene rings is 2. The lowest BCUT2D eigenvalue weighted by molar-refractivity contribution is -0.173. The Morgan fingerprint density at radius 1 is 1.12 bits per heavy atom. The Balaban J connectivity index is 1.63. The van der Waals surface area contributed by atoms with Gasteiger partial charge in [0.2, 0.25) is 5.91 Å². The number of carbonyl (C=O) groups is 2. The fourth-order valence-electron chi connectivity index (χ4n) is 6.87. The van der Waals surface area contributed by atoms with Crippen LogP contribution in [0.4, 0.5) is 5.69 Å².